The van der Waals surface area contributed by atoms with Crippen LogP contribution in [0.3, 0.4) is 0 Å². The number of esters is 1. The summed E-state index contributed by atoms with van der Waals surface area (Å²) in [6.07, 6.45) is 2.00. The lowest BCUT2D eigenvalue weighted by molar-refractivity contribution is -0.137. The number of methoxy groups -OCH3 is 1. The fraction of sp³-hybridized carbons (Fsp3) is 0.875. The smallest absolute Gasteiger partial charge is 0.322 e. The number of ether oxygens (including phenoxy) is 1. The molecule has 6 nitrogen and oxygen atoms in total. The van der Waals surface area contributed by atoms with Gasteiger partial charge in [-0.05, 0) is 19.3 Å². The Hall–Kier alpha value is -0.660. The van der Waals surface area contributed by atoms with Crippen LogP contribution in [0.1, 0.15) is 19.3 Å². The molecule has 15 heavy (non-hydrogen) atoms. The molecule has 7 heteroatoms. The first-order valence-electron chi connectivity index (χ1n) is 4.66. The Kier molecular flexibility index (Phi) is 2.12. The van der Waals surface area contributed by atoms with E-state index in [1.807, 2.05) is 0 Å². The number of nitrogens with one attached hydrogen (secondary N) is 1. The number of carbonyl (C=O) groups excluding carboxylic acids is 1. The molecule has 86 valence electrons. The average Bonchev–Trinajstić information content (AvgIpc) is 1.97. The summed E-state index contributed by atoms with van der Waals surface area (Å²) in [6.45, 7) is 0. The molecule has 2 bridgehead atoms. The summed E-state index contributed by atoms with van der Waals surface area (Å²) in [5.74, 6) is -1.38. The molecule has 0 heterocycles. The minimum atomic E-state index is -3.58. The molecular weight excluding hydrogens is 220 g/mol. The van der Waals surface area contributed by atoms with Gasteiger partial charge >= 0.3 is 5.97 Å². The normalized spacial score (nSPS) is 37.7. The zero-order valence-corrected chi connectivity index (χ0v) is 9.26. The molecule has 0 spiro atoms. The lowest BCUT2D eigenvalue weighted by atomic mass is 9.45. The molecule has 3 aliphatic carbocycles. The average molecular weight is 234 g/mol. The molecule has 0 aromatic carbocycles. The first-order valence-corrected chi connectivity index (χ1v) is 6.31. The highest BCUT2D eigenvalue weighted by atomic mass is 32.2. The molecule has 0 unspecified atom stereocenters. The Labute approximate surface area is 88.2 Å². The lowest BCUT2D eigenvalue weighted by Gasteiger charge is -2.68. The van der Waals surface area contributed by atoms with E-state index in [-0.39, 0.29) is 11.1 Å². The molecule has 0 aromatic heterocycles. The molecule has 0 radical (unpaired) electrons. The lowest BCUT2D eigenvalue weighted by Crippen LogP contribution is -2.82. The van der Waals surface area contributed by atoms with Crippen LogP contribution in [0.15, 0.2) is 0 Å². The molecule has 3 aliphatic rings. The third-order valence-electron chi connectivity index (χ3n) is 2.98. The molecule has 3 rings (SSSR count). The summed E-state index contributed by atoms with van der Waals surface area (Å²) < 4.78 is 29.8. The highest BCUT2D eigenvalue weighted by Crippen LogP contribution is 2.58. The van der Waals surface area contributed by atoms with Gasteiger partial charge in [-0.25, -0.2) is 13.1 Å². The quantitative estimate of drug-likeness (QED) is 0.590. The Balaban J connectivity index is 1.92. The Morgan fingerprint density at radius 1 is 1.47 bits per heavy atom. The van der Waals surface area contributed by atoms with E-state index < -0.39 is 21.7 Å². The summed E-state index contributed by atoms with van der Waals surface area (Å²) >= 11 is 0. The van der Waals surface area contributed by atoms with Gasteiger partial charge in [-0.3, -0.25) is 4.79 Å². The number of sulfonamides is 1. The van der Waals surface area contributed by atoms with Crippen molar-refractivity contribution < 1.29 is 17.9 Å². The molecule has 0 aliphatic heterocycles. The van der Waals surface area contributed by atoms with E-state index in [1.165, 1.54) is 0 Å². The highest BCUT2D eigenvalue weighted by Gasteiger charge is 2.67. The first-order chi connectivity index (χ1) is 6.78. The van der Waals surface area contributed by atoms with E-state index in [9.17, 15) is 13.2 Å². The van der Waals surface area contributed by atoms with Crippen molar-refractivity contribution in [3.05, 3.63) is 0 Å². The van der Waals surface area contributed by atoms with Crippen LogP contribution in [0.4, 0.5) is 0 Å². The third-order valence-corrected chi connectivity index (χ3v) is 4.34. The van der Waals surface area contributed by atoms with Crippen LogP contribution >= 0.6 is 0 Å². The van der Waals surface area contributed by atoms with E-state index in [4.69, 9.17) is 5.73 Å². The minimum Gasteiger partial charge on any atom is -0.468 e. The van der Waals surface area contributed by atoms with Gasteiger partial charge in [0.25, 0.3) is 0 Å². The first kappa shape index (κ1) is 10.8. The predicted octanol–water partition coefficient (Wildman–Crippen LogP) is -1.29. The molecular formula is C8H14N2O4S. The highest BCUT2D eigenvalue weighted by molar-refractivity contribution is 7.90. The van der Waals surface area contributed by atoms with Crippen LogP contribution in [0.2, 0.25) is 0 Å². The van der Waals surface area contributed by atoms with Gasteiger partial charge in [0.1, 0.15) is 0 Å². The fourth-order valence-electron chi connectivity index (χ4n) is 2.55. The van der Waals surface area contributed by atoms with Gasteiger partial charge in [0.05, 0.1) is 7.11 Å². The summed E-state index contributed by atoms with van der Waals surface area (Å²) in [7, 11) is -2.42. The number of nitrogens with two attached hydrogens (primary N) is 1. The van der Waals surface area contributed by atoms with Gasteiger partial charge in [0, 0.05) is 11.1 Å². The van der Waals surface area contributed by atoms with E-state index >= 15 is 0 Å². The summed E-state index contributed by atoms with van der Waals surface area (Å²) in [5, 5.41) is 0. The van der Waals surface area contributed by atoms with Crippen molar-refractivity contribution in [2.75, 3.05) is 12.9 Å². The fourth-order valence-corrected chi connectivity index (χ4v) is 3.93. The van der Waals surface area contributed by atoms with Crippen molar-refractivity contribution in [2.45, 2.75) is 30.3 Å². The topological polar surface area (TPSA) is 98.5 Å². The third kappa shape index (κ3) is 1.86. The second-order valence-corrected chi connectivity index (χ2v) is 6.33. The van der Waals surface area contributed by atoms with Gasteiger partial charge in [-0.2, -0.15) is 0 Å². The largest absolute Gasteiger partial charge is 0.468 e. The number of hydrogen-bond acceptors (Lipinski definition) is 5. The molecule has 0 atom stereocenters. The Morgan fingerprint density at radius 3 is 2.40 bits per heavy atom. The minimum absolute atomic E-state index is 0.159. The van der Waals surface area contributed by atoms with Crippen LogP contribution in [0.25, 0.3) is 0 Å². The number of rotatable bonds is 4. The van der Waals surface area contributed by atoms with Crippen LogP contribution in [0.5, 0.6) is 0 Å². The molecule has 3 N–H and O–H groups in total. The van der Waals surface area contributed by atoms with E-state index in [0.717, 1.165) is 7.11 Å². The van der Waals surface area contributed by atoms with Crippen molar-refractivity contribution >= 4 is 16.0 Å². The van der Waals surface area contributed by atoms with Crippen LogP contribution in [-0.4, -0.2) is 38.3 Å². The molecule has 0 aromatic rings. The van der Waals surface area contributed by atoms with Crippen molar-refractivity contribution in [1.82, 2.24) is 4.72 Å². The SMILES string of the molecule is COC(=O)CS(=O)(=O)NC12CC(N)(C1)C2. The zero-order valence-electron chi connectivity index (χ0n) is 8.45. The molecule has 0 saturated heterocycles. The van der Waals surface area contributed by atoms with Crippen molar-refractivity contribution in [1.29, 1.82) is 0 Å². The Bertz CT molecular complexity index is 383. The maximum absolute atomic E-state index is 11.5. The zero-order chi connectivity index (χ0) is 11.3. The predicted molar refractivity (Wildman–Crippen MR) is 52.4 cm³/mol. The van der Waals surface area contributed by atoms with Gasteiger partial charge in [-0.1, -0.05) is 0 Å². The van der Waals surface area contributed by atoms with Gasteiger partial charge in [0.15, 0.2) is 5.75 Å². The summed E-state index contributed by atoms with van der Waals surface area (Å²) in [6, 6.07) is 0. The van der Waals surface area contributed by atoms with Crippen molar-refractivity contribution in [3.8, 4) is 0 Å². The maximum atomic E-state index is 11.5. The van der Waals surface area contributed by atoms with Gasteiger partial charge in [0.2, 0.25) is 10.0 Å². The molecule has 3 fully saturated rings. The van der Waals surface area contributed by atoms with Gasteiger partial charge < -0.3 is 10.5 Å². The van der Waals surface area contributed by atoms with Gasteiger partial charge in [-0.15, -0.1) is 0 Å². The van der Waals surface area contributed by atoms with E-state index in [0.29, 0.717) is 19.3 Å². The van der Waals surface area contributed by atoms with E-state index in [2.05, 4.69) is 9.46 Å². The number of carbonyl (C=O) groups is 1. The van der Waals surface area contributed by atoms with Crippen LogP contribution in [-0.2, 0) is 19.6 Å². The van der Waals surface area contributed by atoms with Crippen molar-refractivity contribution in [2.24, 2.45) is 5.73 Å². The number of hydrogen-bond donors (Lipinski definition) is 2. The Morgan fingerprint density at radius 2 is 2.00 bits per heavy atom. The van der Waals surface area contributed by atoms with Crippen LogP contribution < -0.4 is 10.5 Å². The maximum Gasteiger partial charge on any atom is 0.322 e. The monoisotopic (exact) mass is 234 g/mol. The van der Waals surface area contributed by atoms with E-state index in [1.54, 1.807) is 0 Å². The molecule has 3 saturated carbocycles. The standard InChI is InChI=1S/C8H14N2O4S/c1-14-6(11)2-15(12,13)10-8-3-7(9,4-8)5-8/h10H,2-5,9H2,1H3. The van der Waals surface area contributed by atoms with Crippen LogP contribution in [0, 0.1) is 0 Å². The molecule has 0 amide bonds. The summed E-state index contributed by atoms with van der Waals surface area (Å²) in [5.41, 5.74) is 5.26. The second kappa shape index (κ2) is 2.93. The summed E-state index contributed by atoms with van der Waals surface area (Å²) in [4.78, 5) is 10.8. The second-order valence-electron chi connectivity index (χ2n) is 4.61. The van der Waals surface area contributed by atoms with Crippen molar-refractivity contribution in [3.63, 3.8) is 0 Å².